The van der Waals surface area contributed by atoms with E-state index in [-0.39, 0.29) is 11.7 Å². The standard InChI is InChI=1S/C11H21F/c1-6-9(5)11(12)10(7-2)8(3)4/h8-9H,6-7H2,1-5H3/b11-10+. The van der Waals surface area contributed by atoms with Crippen LogP contribution in [0.4, 0.5) is 4.39 Å². The van der Waals surface area contributed by atoms with Gasteiger partial charge in [0.05, 0.1) is 0 Å². The Morgan fingerprint density at radius 3 is 1.92 bits per heavy atom. The minimum Gasteiger partial charge on any atom is -0.212 e. The van der Waals surface area contributed by atoms with E-state index in [1.54, 1.807) is 0 Å². The Morgan fingerprint density at radius 2 is 1.67 bits per heavy atom. The van der Waals surface area contributed by atoms with Gasteiger partial charge in [0.2, 0.25) is 0 Å². The molecule has 0 nitrogen and oxygen atoms in total. The van der Waals surface area contributed by atoms with Crippen molar-refractivity contribution in [3.8, 4) is 0 Å². The van der Waals surface area contributed by atoms with Crippen molar-refractivity contribution in [2.75, 3.05) is 0 Å². The largest absolute Gasteiger partial charge is 0.212 e. The Bertz CT molecular complexity index is 156. The summed E-state index contributed by atoms with van der Waals surface area (Å²) >= 11 is 0. The van der Waals surface area contributed by atoms with Crippen molar-refractivity contribution < 1.29 is 4.39 Å². The first-order chi connectivity index (χ1) is 5.54. The molecule has 0 aromatic carbocycles. The molecule has 0 aromatic heterocycles. The molecule has 0 aromatic rings. The highest BCUT2D eigenvalue weighted by molar-refractivity contribution is 5.11. The van der Waals surface area contributed by atoms with Crippen molar-refractivity contribution in [2.24, 2.45) is 11.8 Å². The van der Waals surface area contributed by atoms with Gasteiger partial charge in [-0.3, -0.25) is 0 Å². The monoisotopic (exact) mass is 172 g/mol. The topological polar surface area (TPSA) is 0 Å². The molecule has 12 heavy (non-hydrogen) atoms. The zero-order valence-electron chi connectivity index (χ0n) is 8.95. The van der Waals surface area contributed by atoms with Crippen LogP contribution in [0.5, 0.6) is 0 Å². The SMILES string of the molecule is CC/C(=C(\F)C(C)CC)C(C)C. The van der Waals surface area contributed by atoms with Crippen molar-refractivity contribution in [1.29, 1.82) is 0 Å². The van der Waals surface area contributed by atoms with Crippen LogP contribution in [0.15, 0.2) is 11.4 Å². The minimum atomic E-state index is 0.0994. The lowest BCUT2D eigenvalue weighted by molar-refractivity contribution is 0.455. The Balaban J connectivity index is 4.59. The van der Waals surface area contributed by atoms with Gasteiger partial charge in [0, 0.05) is 5.92 Å². The van der Waals surface area contributed by atoms with Crippen LogP contribution in [0.1, 0.15) is 47.5 Å². The molecular formula is C11H21F. The molecule has 0 radical (unpaired) electrons. The summed E-state index contributed by atoms with van der Waals surface area (Å²) in [5.74, 6) is 0.571. The van der Waals surface area contributed by atoms with Crippen LogP contribution >= 0.6 is 0 Å². The predicted octanol–water partition coefficient (Wildman–Crippen LogP) is 4.32. The molecule has 0 bridgehead atoms. The molecular weight excluding hydrogens is 151 g/mol. The van der Waals surface area contributed by atoms with Gasteiger partial charge in [-0.2, -0.15) is 0 Å². The highest BCUT2D eigenvalue weighted by Crippen LogP contribution is 2.26. The van der Waals surface area contributed by atoms with E-state index in [1.807, 2.05) is 20.8 Å². The zero-order valence-corrected chi connectivity index (χ0v) is 8.95. The second kappa shape index (κ2) is 5.34. The van der Waals surface area contributed by atoms with Crippen LogP contribution < -0.4 is 0 Å². The van der Waals surface area contributed by atoms with Crippen molar-refractivity contribution in [1.82, 2.24) is 0 Å². The van der Waals surface area contributed by atoms with Crippen LogP contribution in [0.3, 0.4) is 0 Å². The fraction of sp³-hybridized carbons (Fsp3) is 0.818. The average molecular weight is 172 g/mol. The molecule has 0 N–H and O–H groups in total. The molecule has 0 aliphatic carbocycles. The van der Waals surface area contributed by atoms with E-state index in [4.69, 9.17) is 0 Å². The van der Waals surface area contributed by atoms with E-state index in [2.05, 4.69) is 13.8 Å². The van der Waals surface area contributed by atoms with Gasteiger partial charge in [0.15, 0.2) is 0 Å². The van der Waals surface area contributed by atoms with E-state index in [0.29, 0.717) is 5.92 Å². The summed E-state index contributed by atoms with van der Waals surface area (Å²) in [6.45, 7) is 10.1. The molecule has 1 unspecified atom stereocenters. The molecule has 0 rings (SSSR count). The van der Waals surface area contributed by atoms with Crippen molar-refractivity contribution in [3.05, 3.63) is 11.4 Å². The zero-order chi connectivity index (χ0) is 9.72. The van der Waals surface area contributed by atoms with Crippen molar-refractivity contribution in [3.63, 3.8) is 0 Å². The Labute approximate surface area is 75.9 Å². The third kappa shape index (κ3) is 2.96. The summed E-state index contributed by atoms with van der Waals surface area (Å²) in [5, 5.41) is 0. The number of hydrogen-bond donors (Lipinski definition) is 0. The van der Waals surface area contributed by atoms with Gasteiger partial charge in [0.1, 0.15) is 5.83 Å². The minimum absolute atomic E-state index is 0.0994. The van der Waals surface area contributed by atoms with Crippen LogP contribution in [-0.2, 0) is 0 Å². The van der Waals surface area contributed by atoms with E-state index >= 15 is 0 Å². The lowest BCUT2D eigenvalue weighted by Gasteiger charge is -2.14. The molecule has 0 aliphatic heterocycles. The second-order valence-corrected chi connectivity index (χ2v) is 3.69. The molecule has 0 saturated heterocycles. The van der Waals surface area contributed by atoms with E-state index < -0.39 is 0 Å². The molecule has 0 saturated carbocycles. The molecule has 0 amide bonds. The van der Waals surface area contributed by atoms with Crippen LogP contribution in [-0.4, -0.2) is 0 Å². The fourth-order valence-corrected chi connectivity index (χ4v) is 1.35. The lowest BCUT2D eigenvalue weighted by Crippen LogP contribution is -2.02. The number of hydrogen-bond acceptors (Lipinski definition) is 0. The van der Waals surface area contributed by atoms with Crippen molar-refractivity contribution in [2.45, 2.75) is 47.5 Å². The van der Waals surface area contributed by atoms with Crippen molar-refractivity contribution >= 4 is 0 Å². The summed E-state index contributed by atoms with van der Waals surface area (Å²) in [6.07, 6.45) is 1.73. The number of rotatable bonds is 4. The van der Waals surface area contributed by atoms with Gasteiger partial charge < -0.3 is 0 Å². The first-order valence-electron chi connectivity index (χ1n) is 4.92. The van der Waals surface area contributed by atoms with Gasteiger partial charge >= 0.3 is 0 Å². The fourth-order valence-electron chi connectivity index (χ4n) is 1.35. The highest BCUT2D eigenvalue weighted by atomic mass is 19.1. The van der Waals surface area contributed by atoms with Crippen LogP contribution in [0.25, 0.3) is 0 Å². The molecule has 1 atom stereocenters. The summed E-state index contributed by atoms with van der Waals surface area (Å²) in [5.41, 5.74) is 0.990. The van der Waals surface area contributed by atoms with E-state index in [9.17, 15) is 4.39 Å². The highest BCUT2D eigenvalue weighted by Gasteiger charge is 2.13. The predicted molar refractivity (Wildman–Crippen MR) is 52.7 cm³/mol. The summed E-state index contributed by atoms with van der Waals surface area (Å²) in [6, 6.07) is 0. The summed E-state index contributed by atoms with van der Waals surface area (Å²) in [4.78, 5) is 0. The Hall–Kier alpha value is -0.330. The summed E-state index contributed by atoms with van der Waals surface area (Å²) in [7, 11) is 0. The molecule has 72 valence electrons. The molecule has 1 heteroatoms. The molecule has 0 fully saturated rings. The maximum atomic E-state index is 13.6. The normalized spacial score (nSPS) is 16.2. The Morgan fingerprint density at radius 1 is 1.17 bits per heavy atom. The molecule has 0 heterocycles. The van der Waals surface area contributed by atoms with E-state index in [0.717, 1.165) is 18.4 Å². The second-order valence-electron chi connectivity index (χ2n) is 3.69. The first kappa shape index (κ1) is 11.7. The molecule has 0 spiro atoms. The van der Waals surface area contributed by atoms with Gasteiger partial charge in [-0.25, -0.2) is 4.39 Å². The average Bonchev–Trinajstić information content (AvgIpc) is 2.03. The third-order valence-electron chi connectivity index (χ3n) is 2.43. The van der Waals surface area contributed by atoms with Gasteiger partial charge in [0.25, 0.3) is 0 Å². The quantitative estimate of drug-likeness (QED) is 0.592. The summed E-state index contributed by atoms with van der Waals surface area (Å²) < 4.78 is 13.6. The van der Waals surface area contributed by atoms with Gasteiger partial charge in [-0.05, 0) is 24.3 Å². The van der Waals surface area contributed by atoms with Crippen LogP contribution in [0, 0.1) is 11.8 Å². The lowest BCUT2D eigenvalue weighted by atomic mass is 9.94. The van der Waals surface area contributed by atoms with Gasteiger partial charge in [-0.1, -0.05) is 34.6 Å². The van der Waals surface area contributed by atoms with Gasteiger partial charge in [-0.15, -0.1) is 0 Å². The maximum Gasteiger partial charge on any atom is 0.102 e. The van der Waals surface area contributed by atoms with Crippen LogP contribution in [0.2, 0.25) is 0 Å². The maximum absolute atomic E-state index is 13.6. The third-order valence-corrected chi connectivity index (χ3v) is 2.43. The number of halogens is 1. The van der Waals surface area contributed by atoms with E-state index in [1.165, 1.54) is 0 Å². The molecule has 0 aliphatic rings. The Kier molecular flexibility index (Phi) is 5.19. The smallest absolute Gasteiger partial charge is 0.102 e. The number of allylic oxidation sites excluding steroid dienone is 2. The first-order valence-corrected chi connectivity index (χ1v) is 4.92.